The summed E-state index contributed by atoms with van der Waals surface area (Å²) in [5, 5.41) is 8.11. The first-order valence-corrected chi connectivity index (χ1v) is 5.01. The highest BCUT2D eigenvalue weighted by Gasteiger charge is 2.08. The summed E-state index contributed by atoms with van der Waals surface area (Å²) >= 11 is 11.7. The van der Waals surface area contributed by atoms with Crippen LogP contribution >= 0.6 is 23.2 Å². The molecular formula is C9H8Cl2N4O. The van der Waals surface area contributed by atoms with Gasteiger partial charge in [0.15, 0.2) is 0 Å². The van der Waals surface area contributed by atoms with Crippen molar-refractivity contribution in [3.8, 4) is 0 Å². The third kappa shape index (κ3) is 3.31. The van der Waals surface area contributed by atoms with Gasteiger partial charge in [0.25, 0.3) is 0 Å². The van der Waals surface area contributed by atoms with E-state index in [9.17, 15) is 0 Å². The van der Waals surface area contributed by atoms with Crippen molar-refractivity contribution in [3.05, 3.63) is 44.3 Å². The average molecular weight is 259 g/mol. The second-order valence-electron chi connectivity index (χ2n) is 2.73. The van der Waals surface area contributed by atoms with Gasteiger partial charge >= 0.3 is 0 Å². The molecule has 0 radical (unpaired) electrons. The summed E-state index contributed by atoms with van der Waals surface area (Å²) in [6.45, 7) is 0.0612. The predicted octanol–water partition coefficient (Wildman–Crippen LogP) is 3.65. The molecule has 0 amide bonds. The lowest BCUT2D eigenvalue weighted by atomic mass is 10.1. The normalized spacial score (nSPS) is 10.8. The van der Waals surface area contributed by atoms with Crippen molar-refractivity contribution in [3.63, 3.8) is 0 Å². The molecule has 1 rings (SSSR count). The predicted molar refractivity (Wildman–Crippen MR) is 64.0 cm³/mol. The van der Waals surface area contributed by atoms with Gasteiger partial charge in [0.05, 0.1) is 17.3 Å². The van der Waals surface area contributed by atoms with Gasteiger partial charge in [-0.05, 0) is 17.7 Å². The van der Waals surface area contributed by atoms with Crippen molar-refractivity contribution in [2.45, 2.75) is 0 Å². The Morgan fingerprint density at radius 3 is 2.81 bits per heavy atom. The smallest absolute Gasteiger partial charge is 0.106 e. The number of azide groups is 1. The minimum Gasteiger partial charge on any atom is -0.399 e. The van der Waals surface area contributed by atoms with Crippen LogP contribution in [0.5, 0.6) is 0 Å². The van der Waals surface area contributed by atoms with Crippen LogP contribution in [0.1, 0.15) is 5.56 Å². The second kappa shape index (κ2) is 6.23. The van der Waals surface area contributed by atoms with E-state index in [1.165, 1.54) is 7.11 Å². The van der Waals surface area contributed by atoms with Crippen molar-refractivity contribution in [2.75, 3.05) is 13.7 Å². The van der Waals surface area contributed by atoms with Crippen molar-refractivity contribution in [1.82, 2.24) is 0 Å². The van der Waals surface area contributed by atoms with Crippen LogP contribution in [0.15, 0.2) is 28.5 Å². The Morgan fingerprint density at radius 1 is 1.50 bits per heavy atom. The number of halogens is 2. The minimum absolute atomic E-state index is 0.0612. The molecular weight excluding hydrogens is 251 g/mol. The quantitative estimate of drug-likeness (QED) is 0.267. The van der Waals surface area contributed by atoms with Crippen LogP contribution < -0.4 is 0 Å². The molecule has 0 unspecified atom stereocenters. The zero-order valence-electron chi connectivity index (χ0n) is 8.39. The maximum atomic E-state index is 8.25. The number of nitrogens with zero attached hydrogens (tertiary/aromatic N) is 4. The lowest BCUT2D eigenvalue weighted by Gasteiger charge is -2.05. The molecule has 5 nitrogen and oxygen atoms in total. The van der Waals surface area contributed by atoms with Gasteiger partial charge in [0.2, 0.25) is 0 Å². The van der Waals surface area contributed by atoms with Crippen LogP contribution in [0.3, 0.4) is 0 Å². The number of hydrogen-bond donors (Lipinski definition) is 0. The van der Waals surface area contributed by atoms with Crippen molar-refractivity contribution >= 4 is 28.9 Å². The number of benzene rings is 1. The number of hydrogen-bond acceptors (Lipinski definition) is 3. The Labute approximate surface area is 102 Å². The number of rotatable bonds is 4. The highest BCUT2D eigenvalue weighted by molar-refractivity contribution is 6.37. The molecule has 7 heteroatoms. The first-order valence-electron chi connectivity index (χ1n) is 4.25. The van der Waals surface area contributed by atoms with E-state index in [-0.39, 0.29) is 6.54 Å². The van der Waals surface area contributed by atoms with E-state index in [2.05, 4.69) is 20.0 Å². The molecule has 0 fully saturated rings. The summed E-state index contributed by atoms with van der Waals surface area (Å²) in [4.78, 5) is 7.30. The first-order chi connectivity index (χ1) is 7.69. The molecule has 1 aromatic carbocycles. The SMILES string of the molecule is CON=C(CN=[N+]=[N-])c1ccc(Cl)cc1Cl. The van der Waals surface area contributed by atoms with Crippen LogP contribution in [0, 0.1) is 0 Å². The minimum atomic E-state index is 0.0612. The Balaban J connectivity index is 3.10. The first kappa shape index (κ1) is 12.6. The van der Waals surface area contributed by atoms with E-state index in [1.54, 1.807) is 18.2 Å². The Kier molecular flexibility index (Phi) is 4.92. The fraction of sp³-hybridized carbons (Fsp3) is 0.222. The summed E-state index contributed by atoms with van der Waals surface area (Å²) in [6.07, 6.45) is 0. The van der Waals surface area contributed by atoms with Crippen LogP contribution in [0.25, 0.3) is 10.4 Å². The highest BCUT2D eigenvalue weighted by atomic mass is 35.5. The zero-order chi connectivity index (χ0) is 12.0. The second-order valence-corrected chi connectivity index (χ2v) is 3.58. The van der Waals surface area contributed by atoms with Gasteiger partial charge in [-0.2, -0.15) is 0 Å². The molecule has 0 aliphatic rings. The summed E-state index contributed by atoms with van der Waals surface area (Å²) in [5.74, 6) is 0. The van der Waals surface area contributed by atoms with Gasteiger partial charge in [-0.3, -0.25) is 0 Å². The van der Waals surface area contributed by atoms with Crippen molar-refractivity contribution in [1.29, 1.82) is 0 Å². The third-order valence-corrected chi connectivity index (χ3v) is 2.28. The third-order valence-electron chi connectivity index (χ3n) is 1.73. The van der Waals surface area contributed by atoms with E-state index in [4.69, 9.17) is 28.7 Å². The molecule has 0 heterocycles. The molecule has 0 aliphatic carbocycles. The molecule has 1 aromatic rings. The molecule has 0 spiro atoms. The Morgan fingerprint density at radius 2 is 2.25 bits per heavy atom. The van der Waals surface area contributed by atoms with Gasteiger partial charge in [-0.25, -0.2) is 0 Å². The van der Waals surface area contributed by atoms with Gasteiger partial charge in [-0.15, -0.1) is 0 Å². The fourth-order valence-electron chi connectivity index (χ4n) is 1.10. The summed E-state index contributed by atoms with van der Waals surface area (Å²) < 4.78 is 0. The Bertz CT molecular complexity index is 455. The Hall–Kier alpha value is -1.42. The van der Waals surface area contributed by atoms with Gasteiger partial charge in [0, 0.05) is 15.5 Å². The maximum Gasteiger partial charge on any atom is 0.106 e. The highest BCUT2D eigenvalue weighted by Crippen LogP contribution is 2.21. The molecule has 0 saturated heterocycles. The molecule has 0 aromatic heterocycles. The van der Waals surface area contributed by atoms with Crippen LogP contribution in [-0.4, -0.2) is 19.4 Å². The zero-order valence-corrected chi connectivity index (χ0v) is 9.90. The van der Waals surface area contributed by atoms with Crippen molar-refractivity contribution < 1.29 is 4.84 Å². The molecule has 0 bridgehead atoms. The largest absolute Gasteiger partial charge is 0.399 e. The van der Waals surface area contributed by atoms with E-state index in [0.717, 1.165) is 0 Å². The van der Waals surface area contributed by atoms with Crippen LogP contribution in [0.4, 0.5) is 0 Å². The van der Waals surface area contributed by atoms with E-state index >= 15 is 0 Å². The lowest BCUT2D eigenvalue weighted by Crippen LogP contribution is -2.06. The number of oxime groups is 1. The van der Waals surface area contributed by atoms with Crippen LogP contribution in [-0.2, 0) is 4.84 Å². The molecule has 0 atom stereocenters. The fourth-order valence-corrected chi connectivity index (χ4v) is 1.61. The summed E-state index contributed by atoms with van der Waals surface area (Å²) in [7, 11) is 1.40. The molecule has 0 aliphatic heterocycles. The summed E-state index contributed by atoms with van der Waals surface area (Å²) in [6, 6.07) is 4.94. The molecule has 0 saturated carbocycles. The van der Waals surface area contributed by atoms with Crippen molar-refractivity contribution in [2.24, 2.45) is 10.3 Å². The van der Waals surface area contributed by atoms with Gasteiger partial charge < -0.3 is 4.84 Å². The lowest BCUT2D eigenvalue weighted by molar-refractivity contribution is 0.213. The van der Waals surface area contributed by atoms with E-state index in [0.29, 0.717) is 21.3 Å². The van der Waals surface area contributed by atoms with E-state index < -0.39 is 0 Å². The topological polar surface area (TPSA) is 70.4 Å². The van der Waals surface area contributed by atoms with E-state index in [1.807, 2.05) is 0 Å². The average Bonchev–Trinajstić information content (AvgIpc) is 2.25. The van der Waals surface area contributed by atoms with Gasteiger partial charge in [0.1, 0.15) is 7.11 Å². The molecule has 16 heavy (non-hydrogen) atoms. The monoisotopic (exact) mass is 258 g/mol. The summed E-state index contributed by atoms with van der Waals surface area (Å²) in [5.41, 5.74) is 9.32. The van der Waals surface area contributed by atoms with Gasteiger partial charge in [-0.1, -0.05) is 39.5 Å². The van der Waals surface area contributed by atoms with Crippen LogP contribution in [0.2, 0.25) is 10.0 Å². The molecule has 84 valence electrons. The standard InChI is InChI=1S/C9H8Cl2N4O/c1-16-14-9(5-13-15-12)7-3-2-6(10)4-8(7)11/h2-4H,5H2,1H3. The maximum absolute atomic E-state index is 8.25. The molecule has 0 N–H and O–H groups in total.